The van der Waals surface area contributed by atoms with Crippen LogP contribution in [0, 0.1) is 56.8 Å². The van der Waals surface area contributed by atoms with Crippen LogP contribution in [0.4, 0.5) is 0 Å². The number of hydrogen-bond acceptors (Lipinski definition) is 3. The quantitative estimate of drug-likeness (QED) is 0.695. The van der Waals surface area contributed by atoms with Gasteiger partial charge in [0.25, 0.3) is 0 Å². The van der Waals surface area contributed by atoms with Crippen LogP contribution in [0.15, 0.2) is 24.4 Å². The van der Waals surface area contributed by atoms with Gasteiger partial charge in [-0.3, -0.25) is 0 Å². The standard InChI is InChI=1S/C12H8N3O.CH3.U/c1-8-2-3-9(7-16)4-10(8)11-6-14-12(5-13)15-11;;/h2-4,6H,1H3,(H,14,15);1H3;/q2*-1;+2. The maximum Gasteiger partial charge on any atom is 2.00 e. The van der Waals surface area contributed by atoms with Gasteiger partial charge in [-0.1, -0.05) is 11.1 Å². The number of hydrogen-bond donors (Lipinski definition) is 1. The van der Waals surface area contributed by atoms with Gasteiger partial charge in [0, 0.05) is 0 Å². The molecule has 0 atom stereocenters. The van der Waals surface area contributed by atoms with Crippen LogP contribution in [0.3, 0.4) is 0 Å². The maximum absolute atomic E-state index is 10.6. The minimum absolute atomic E-state index is 0. The Kier molecular flexibility index (Phi) is 6.62. The van der Waals surface area contributed by atoms with Crippen LogP contribution < -0.4 is 0 Å². The van der Waals surface area contributed by atoms with E-state index in [-0.39, 0.29) is 44.4 Å². The number of aryl methyl sites for hydroxylation is 1. The number of benzene rings is 1. The summed E-state index contributed by atoms with van der Waals surface area (Å²) in [6, 6.07) is 7.18. The van der Waals surface area contributed by atoms with Crippen molar-refractivity contribution in [3.8, 4) is 17.3 Å². The van der Waals surface area contributed by atoms with Gasteiger partial charge in [0.05, 0.1) is 18.2 Å². The fourth-order valence-electron chi connectivity index (χ4n) is 1.49. The Morgan fingerprint density at radius 3 is 2.72 bits per heavy atom. The molecule has 18 heavy (non-hydrogen) atoms. The Hall–Kier alpha value is -1.36. The van der Waals surface area contributed by atoms with Gasteiger partial charge >= 0.3 is 31.1 Å². The molecule has 2 aromatic rings. The Morgan fingerprint density at radius 1 is 1.44 bits per heavy atom. The van der Waals surface area contributed by atoms with Gasteiger partial charge in [0.2, 0.25) is 5.82 Å². The van der Waals surface area contributed by atoms with Gasteiger partial charge in [0.1, 0.15) is 6.07 Å². The second-order valence-electron chi connectivity index (χ2n) is 3.39. The topological polar surface area (TPSA) is 69.5 Å². The van der Waals surface area contributed by atoms with Crippen LogP contribution in [0.25, 0.3) is 11.3 Å². The van der Waals surface area contributed by atoms with Crippen LogP contribution in [0.2, 0.25) is 0 Å². The fraction of sp³-hybridized carbons (Fsp3) is 0.0769. The molecule has 1 N–H and O–H groups in total. The SMILES string of the molecule is Cc1ccc([C-]=O)cc1-c1cnc(C#N)[nH]1.[CH3-].[U+2]. The molecule has 0 aliphatic heterocycles. The molecule has 0 saturated carbocycles. The third-order valence-corrected chi connectivity index (χ3v) is 2.33. The Balaban J connectivity index is 0.00000144. The molecule has 0 saturated heterocycles. The number of nitriles is 1. The smallest absolute Gasteiger partial charge is 0.376 e. The number of aromatic amines is 1. The zero-order chi connectivity index (χ0) is 11.5. The van der Waals surface area contributed by atoms with Crippen molar-refractivity contribution in [1.29, 1.82) is 5.26 Å². The van der Waals surface area contributed by atoms with Crippen molar-refractivity contribution in [3.05, 3.63) is 48.8 Å². The average Bonchev–Trinajstić information content (AvgIpc) is 2.78. The van der Waals surface area contributed by atoms with E-state index >= 15 is 0 Å². The molecule has 0 bridgehead atoms. The first-order valence-electron chi connectivity index (χ1n) is 4.69. The number of carbonyl (C=O) groups excluding carboxylic acids is 1. The van der Waals surface area contributed by atoms with E-state index in [0.29, 0.717) is 5.56 Å². The minimum Gasteiger partial charge on any atom is -0.376 e. The van der Waals surface area contributed by atoms with Crippen molar-refractivity contribution in [2.24, 2.45) is 0 Å². The summed E-state index contributed by atoms with van der Waals surface area (Å²) in [6.45, 7) is 1.93. The van der Waals surface area contributed by atoms with Crippen molar-refractivity contribution in [3.63, 3.8) is 0 Å². The molecule has 2 rings (SSSR count). The first-order valence-corrected chi connectivity index (χ1v) is 4.69. The third kappa shape index (κ3) is 3.32. The summed E-state index contributed by atoms with van der Waals surface area (Å²) in [5, 5.41) is 8.66. The second-order valence-corrected chi connectivity index (χ2v) is 3.39. The first kappa shape index (κ1) is 16.6. The van der Waals surface area contributed by atoms with Gasteiger partial charge in [-0.2, -0.15) is 23.0 Å². The molecule has 0 amide bonds. The molecule has 0 spiro atoms. The van der Waals surface area contributed by atoms with Crippen LogP contribution in [-0.4, -0.2) is 16.3 Å². The monoisotopic (exact) mass is 463 g/mol. The molecule has 4 nitrogen and oxygen atoms in total. The summed E-state index contributed by atoms with van der Waals surface area (Å²) in [5.74, 6) is 0.259. The van der Waals surface area contributed by atoms with Gasteiger partial charge in [0.15, 0.2) is 0 Å². The Morgan fingerprint density at radius 2 is 2.17 bits per heavy atom. The molecular weight excluding hydrogens is 452 g/mol. The van der Waals surface area contributed by atoms with Crippen molar-refractivity contribution < 1.29 is 35.9 Å². The number of H-pyrrole nitrogens is 1. The number of nitrogens with one attached hydrogen (secondary N) is 1. The minimum atomic E-state index is 0. The number of imidazole rings is 1. The van der Waals surface area contributed by atoms with Crippen molar-refractivity contribution in [2.75, 3.05) is 0 Å². The molecule has 0 unspecified atom stereocenters. The van der Waals surface area contributed by atoms with Gasteiger partial charge in [-0.25, -0.2) is 4.98 Å². The van der Waals surface area contributed by atoms with E-state index < -0.39 is 0 Å². The van der Waals surface area contributed by atoms with Crippen LogP contribution in [0.1, 0.15) is 17.0 Å². The molecular formula is C13H11N3OU. The summed E-state index contributed by atoms with van der Waals surface area (Å²) >= 11 is 0. The van der Waals surface area contributed by atoms with Gasteiger partial charge in [-0.15, -0.1) is 6.07 Å². The molecule has 1 aromatic heterocycles. The summed E-state index contributed by atoms with van der Waals surface area (Å²) in [6.07, 6.45) is 3.41. The summed E-state index contributed by atoms with van der Waals surface area (Å²) in [5.41, 5.74) is 3.07. The van der Waals surface area contributed by atoms with Crippen molar-refractivity contribution in [2.45, 2.75) is 6.92 Å². The van der Waals surface area contributed by atoms with Crippen LogP contribution in [-0.2, 0) is 4.79 Å². The fourth-order valence-corrected chi connectivity index (χ4v) is 1.49. The van der Waals surface area contributed by atoms with Crippen molar-refractivity contribution >= 4 is 6.29 Å². The first-order chi connectivity index (χ1) is 7.74. The maximum atomic E-state index is 10.6. The summed E-state index contributed by atoms with van der Waals surface area (Å²) in [7, 11) is 0. The largest absolute Gasteiger partial charge is 2.00 e. The molecule has 1 heterocycles. The van der Waals surface area contributed by atoms with E-state index in [2.05, 4.69) is 9.97 Å². The molecule has 0 aliphatic rings. The molecule has 5 heteroatoms. The normalized spacial score (nSPS) is 8.67. The Labute approximate surface area is 130 Å². The van der Waals surface area contributed by atoms with E-state index in [1.165, 1.54) is 0 Å². The third-order valence-electron chi connectivity index (χ3n) is 2.33. The molecule has 1 aromatic carbocycles. The van der Waals surface area contributed by atoms with E-state index in [4.69, 9.17) is 5.26 Å². The zero-order valence-corrected chi connectivity index (χ0v) is 14.3. The molecule has 0 radical (unpaired) electrons. The predicted octanol–water partition coefficient (Wildman–Crippen LogP) is 2.16. The molecule has 88 valence electrons. The van der Waals surface area contributed by atoms with Gasteiger partial charge in [-0.05, 0) is 6.92 Å². The number of nitrogens with zero attached hydrogens (tertiary/aromatic N) is 2. The summed E-state index contributed by atoms with van der Waals surface area (Å²) < 4.78 is 0. The zero-order valence-electron chi connectivity index (χ0n) is 10.1. The predicted molar refractivity (Wildman–Crippen MR) is 64.7 cm³/mol. The van der Waals surface area contributed by atoms with E-state index in [1.54, 1.807) is 18.3 Å². The number of rotatable bonds is 2. The van der Waals surface area contributed by atoms with Crippen LogP contribution >= 0.6 is 0 Å². The van der Waals surface area contributed by atoms with Crippen LogP contribution in [0.5, 0.6) is 0 Å². The van der Waals surface area contributed by atoms with E-state index in [9.17, 15) is 4.79 Å². The number of aromatic nitrogens is 2. The van der Waals surface area contributed by atoms with Gasteiger partial charge < -0.3 is 17.2 Å². The molecule has 0 fully saturated rings. The van der Waals surface area contributed by atoms with Crippen molar-refractivity contribution in [1.82, 2.24) is 9.97 Å². The second kappa shape index (κ2) is 7.16. The Bertz CT molecular complexity index is 584. The van der Waals surface area contributed by atoms with E-state index in [0.717, 1.165) is 16.8 Å². The molecule has 0 aliphatic carbocycles. The van der Waals surface area contributed by atoms with E-state index in [1.807, 2.05) is 25.3 Å². The summed E-state index contributed by atoms with van der Waals surface area (Å²) in [4.78, 5) is 17.3. The average molecular weight is 463 g/mol.